The van der Waals surface area contributed by atoms with E-state index in [-0.39, 0.29) is 63.1 Å². The maximum Gasteiger partial charge on any atom is 0.371 e. The summed E-state index contributed by atoms with van der Waals surface area (Å²) in [6.07, 6.45) is 11.7. The van der Waals surface area contributed by atoms with E-state index in [2.05, 4.69) is 0 Å². The molecule has 6 atom stereocenters. The van der Waals surface area contributed by atoms with E-state index in [4.69, 9.17) is 79.4 Å². The molecule has 0 spiro atoms. The van der Waals surface area contributed by atoms with Crippen LogP contribution < -0.4 is 44.0 Å². The number of carboxylic acid groups (broad SMARTS) is 5. The molecular weight excluding hydrogens is 1640 g/mol. The minimum absolute atomic E-state index is 0. The molecule has 0 bridgehead atoms. The van der Waals surface area contributed by atoms with Gasteiger partial charge < -0.3 is 237 Å². The molecular formula is C39H75N10O45P10-9. The molecule has 0 aromatic rings. The van der Waals surface area contributed by atoms with Crippen molar-refractivity contribution in [3.63, 3.8) is 0 Å². The van der Waals surface area contributed by atoms with Crippen LogP contribution in [0.3, 0.4) is 0 Å². The Kier molecular flexibility index (Phi) is 39.1. The summed E-state index contributed by atoms with van der Waals surface area (Å²) in [6.45, 7) is -9.15. The SMILES string of the molecule is C.C.O=C(O)CN1C=CN(CC(O)(P(=O)(O)O)P(=O)(O)O)C1.O=C(O)CN1C=CN(CC(O)(P(=O)([O-])O)P(=O)(O)O)C1.O=C(O)CN1C=CN(CC(O)(P(=O)([O-])O)P(=O)([O-])O)C1.O=C(O)CN1C=CN(CC(O)(P(=O)([O-])O)P(=O)([O-])O)C1.O=C(O)CN1C=CN(CC(O)(P(=O)([O-])[O-])P(=O)([O-])[O-])C1.[CH3+].[CH3-]. The first-order valence-corrected chi connectivity index (χ1v) is 41.1. The minimum Gasteiger partial charge on any atom is -0.808 e. The third-order valence-corrected chi connectivity index (χ3v) is 30.7. The van der Waals surface area contributed by atoms with Crippen LogP contribution in [-0.2, 0) is 69.6 Å². The molecule has 0 aromatic carbocycles. The zero-order chi connectivity index (χ0) is 78.8. The Bertz CT molecular complexity index is 2970. The Hall–Kier alpha value is -4.78. The van der Waals surface area contributed by atoms with Gasteiger partial charge in [-0.2, -0.15) is 0 Å². The number of rotatable bonds is 30. The van der Waals surface area contributed by atoms with Gasteiger partial charge in [0.2, 0.25) is 15.2 Å². The van der Waals surface area contributed by atoms with E-state index in [1.54, 1.807) is 0 Å². The van der Waals surface area contributed by atoms with Gasteiger partial charge in [0.25, 0.3) is 5.08 Å². The fourth-order valence-electron chi connectivity index (χ4n) is 7.54. The molecule has 0 fully saturated rings. The third-order valence-electron chi connectivity index (χ3n) is 12.6. The highest BCUT2D eigenvalue weighted by atomic mass is 31.3. The highest BCUT2D eigenvalue weighted by molar-refractivity contribution is 7.73. The predicted octanol–water partition coefficient (Wildman–Crippen LogP) is -12.9. The molecule has 5 aliphatic rings. The third kappa shape index (κ3) is 29.3. The average molecular weight is 1710 g/mol. The van der Waals surface area contributed by atoms with Crippen LogP contribution in [0.25, 0.3) is 0 Å². The van der Waals surface area contributed by atoms with Crippen molar-refractivity contribution in [3.05, 3.63) is 76.9 Å². The quantitative estimate of drug-likeness (QED) is 0.0235. The van der Waals surface area contributed by atoms with Crippen LogP contribution in [0.2, 0.25) is 0 Å². The van der Waals surface area contributed by atoms with Gasteiger partial charge in [0.1, 0.15) is 37.8 Å². The second kappa shape index (κ2) is 38.5. The van der Waals surface area contributed by atoms with Crippen molar-refractivity contribution in [1.82, 2.24) is 49.0 Å². The largest absolute Gasteiger partial charge is 0.808 e. The maximum absolute atomic E-state index is 11.1. The van der Waals surface area contributed by atoms with Crippen molar-refractivity contribution >= 4 is 106 Å². The van der Waals surface area contributed by atoms with Crippen LogP contribution >= 0.6 is 76.0 Å². The van der Waals surface area contributed by atoms with Crippen LogP contribution in [0.4, 0.5) is 0 Å². The Labute approximate surface area is 587 Å². The first-order valence-electron chi connectivity index (χ1n) is 25.3. The van der Waals surface area contributed by atoms with Gasteiger partial charge in [0.15, 0.2) is 38.0 Å². The summed E-state index contributed by atoms with van der Waals surface area (Å²) in [5.41, 5.74) is 0. The number of hydrogen-bond donors (Lipinski definition) is 21. The summed E-state index contributed by atoms with van der Waals surface area (Å²) >= 11 is 0. The smallest absolute Gasteiger partial charge is 0.371 e. The number of β-amino-alcohol motifs (C(OH)–C–C–N with tert-alkyl or cyclic N) is 5. The lowest BCUT2D eigenvalue weighted by Gasteiger charge is -2.56. The van der Waals surface area contributed by atoms with E-state index in [9.17, 15) is 139 Å². The van der Waals surface area contributed by atoms with Crippen molar-refractivity contribution in [1.29, 1.82) is 0 Å². The summed E-state index contributed by atoms with van der Waals surface area (Å²) in [5.74, 6) is -5.89. The molecule has 55 nitrogen and oxygen atoms in total. The number of hydrogen-bond acceptors (Lipinski definition) is 39. The van der Waals surface area contributed by atoms with Crippen LogP contribution in [0.1, 0.15) is 14.9 Å². The van der Waals surface area contributed by atoms with E-state index in [1.165, 1.54) is 56.8 Å². The zero-order valence-electron chi connectivity index (χ0n) is 51.5. The molecule has 0 amide bonds. The van der Waals surface area contributed by atoms with Gasteiger partial charge in [-0.3, -0.25) is 37.7 Å². The second-order valence-electron chi connectivity index (χ2n) is 20.7. The zero-order valence-corrected chi connectivity index (χ0v) is 60.5. The fourth-order valence-corrected chi connectivity index (χ4v) is 17.6. The summed E-state index contributed by atoms with van der Waals surface area (Å²) in [5, 5.41) is 71.8. The van der Waals surface area contributed by atoms with Crippen molar-refractivity contribution in [2.45, 2.75) is 40.3 Å². The lowest BCUT2D eigenvalue weighted by Crippen LogP contribution is -2.52. The van der Waals surface area contributed by atoms with Crippen molar-refractivity contribution in [2.75, 3.05) is 98.8 Å². The lowest BCUT2D eigenvalue weighted by molar-refractivity contribution is -0.349. The van der Waals surface area contributed by atoms with E-state index in [0.717, 1.165) is 54.2 Å². The molecule has 21 N–H and O–H groups in total. The molecule has 6 unspecified atom stereocenters. The Morgan fingerprint density at radius 3 is 0.548 bits per heavy atom. The highest BCUT2D eigenvalue weighted by Crippen LogP contribution is 2.69. The molecule has 0 aromatic heterocycles. The van der Waals surface area contributed by atoms with Crippen LogP contribution in [0.5, 0.6) is 0 Å². The number of nitrogens with zero attached hydrogens (tertiary/aromatic N) is 10. The van der Waals surface area contributed by atoms with E-state index >= 15 is 0 Å². The van der Waals surface area contributed by atoms with Crippen molar-refractivity contribution < 1.29 is 219 Å². The van der Waals surface area contributed by atoms with E-state index < -0.39 is 197 Å². The monoisotopic (exact) mass is 1710 g/mol. The van der Waals surface area contributed by atoms with Gasteiger partial charge in [-0.1, -0.05) is 14.9 Å². The summed E-state index contributed by atoms with van der Waals surface area (Å²) in [6, 6.07) is 0. The van der Waals surface area contributed by atoms with Crippen LogP contribution in [-0.4, -0.2) is 308 Å². The first-order chi connectivity index (χ1) is 44.3. The molecule has 0 aliphatic carbocycles. The molecule has 65 heteroatoms. The average Bonchev–Trinajstić information content (AvgIpc) is 1.04. The molecule has 5 aliphatic heterocycles. The minimum atomic E-state index is -6.15. The molecule has 610 valence electrons. The Morgan fingerprint density at radius 1 is 0.279 bits per heavy atom. The van der Waals surface area contributed by atoms with Gasteiger partial charge in [-0.15, -0.1) is 0 Å². The van der Waals surface area contributed by atoms with Crippen molar-refractivity contribution in [3.8, 4) is 0 Å². The van der Waals surface area contributed by atoms with Gasteiger partial charge in [0, 0.05) is 69.4 Å². The number of carboxylic acids is 5. The summed E-state index contributed by atoms with van der Waals surface area (Å²) < 4.78 is 110. The Balaban J connectivity index is -0.000000595. The standard InChI is InChI=1S/5C7H14N2O9P2.2CH4.2CH3/c5*10-6(11)3-8-1-2-9(5-8)4-7(12,19(13,14)15)20(16,17)18;;;;/h5*1-2,12H,3-5H2,(H,10,11)(H2,13,14,15)(H2,16,17,18);2*1H4;2*1H3/q;;;;;;;-1;+1/p-9. The van der Waals surface area contributed by atoms with Crippen LogP contribution in [0.15, 0.2) is 62.0 Å². The topological polar surface area (TPSA) is 921 Å². The highest BCUT2D eigenvalue weighted by Gasteiger charge is 2.61. The molecule has 5 heterocycles. The van der Waals surface area contributed by atoms with Gasteiger partial charge in [-0.25, -0.2) is 0 Å². The predicted molar refractivity (Wildman–Crippen MR) is 327 cm³/mol. The van der Waals surface area contributed by atoms with Gasteiger partial charge >= 0.3 is 52.6 Å². The van der Waals surface area contributed by atoms with E-state index in [0.29, 0.717) is 0 Å². The summed E-state index contributed by atoms with van der Waals surface area (Å²) in [4.78, 5) is 259. The molecule has 0 radical (unpaired) electrons. The maximum atomic E-state index is 11.1. The molecule has 5 rings (SSSR count). The normalized spacial score (nSPS) is 19.9. The molecule has 104 heavy (non-hydrogen) atoms. The lowest BCUT2D eigenvalue weighted by atomic mass is 10.6. The van der Waals surface area contributed by atoms with Gasteiger partial charge in [-0.05, 0) is 15.2 Å². The summed E-state index contributed by atoms with van der Waals surface area (Å²) in [7, 11) is -58.1. The molecule has 0 saturated carbocycles. The van der Waals surface area contributed by atoms with Crippen LogP contribution in [0, 0.1) is 14.9 Å². The number of aliphatic hydroxyl groups is 5. The Morgan fingerprint density at radius 2 is 0.413 bits per heavy atom. The van der Waals surface area contributed by atoms with Crippen molar-refractivity contribution in [2.24, 2.45) is 0 Å². The number of carbonyl (C=O) groups is 5. The fraction of sp³-hybridized carbons (Fsp3) is 0.564. The van der Waals surface area contributed by atoms with E-state index in [1.807, 2.05) is 0 Å². The van der Waals surface area contributed by atoms with Gasteiger partial charge in [0.05, 0.1) is 66.1 Å². The second-order valence-corrected chi connectivity index (χ2v) is 40.4. The number of aliphatic carboxylic acids is 5. The molecule has 0 saturated heterocycles. The first kappa shape index (κ1) is 106.